The summed E-state index contributed by atoms with van der Waals surface area (Å²) < 4.78 is 1.05. The summed E-state index contributed by atoms with van der Waals surface area (Å²) in [7, 11) is 0. The van der Waals surface area contributed by atoms with Crippen molar-refractivity contribution in [1.29, 1.82) is 0 Å². The molecule has 1 aromatic rings. The van der Waals surface area contributed by atoms with Crippen molar-refractivity contribution in [3.63, 3.8) is 0 Å². The largest absolute Gasteiger partial charge is 0.360 e. The number of hydrogen-bond acceptors (Lipinski definition) is 3. The van der Waals surface area contributed by atoms with Gasteiger partial charge in [-0.1, -0.05) is 28.9 Å². The van der Waals surface area contributed by atoms with Crippen molar-refractivity contribution in [2.45, 2.75) is 13.5 Å². The lowest BCUT2D eigenvalue weighted by Crippen LogP contribution is -2.48. The molecule has 98 valence electrons. The van der Waals surface area contributed by atoms with E-state index in [1.54, 1.807) is 0 Å². The molecule has 0 aromatic heterocycles. The van der Waals surface area contributed by atoms with E-state index in [0.717, 1.165) is 29.8 Å². The van der Waals surface area contributed by atoms with Gasteiger partial charge in [-0.15, -0.1) is 0 Å². The van der Waals surface area contributed by atoms with Crippen molar-refractivity contribution >= 4 is 27.5 Å². The Kier molecular flexibility index (Phi) is 4.60. The summed E-state index contributed by atoms with van der Waals surface area (Å²) in [6.45, 7) is 5.88. The van der Waals surface area contributed by atoms with Crippen LogP contribution in [-0.4, -0.2) is 32.1 Å². The van der Waals surface area contributed by atoms with Crippen LogP contribution in [0.5, 0.6) is 0 Å². The molecular formula is C13H18BrN3O. The SMILES string of the molecule is CCNCc1ccc(Br)cc1N1CCNC(=O)C1. The number of halogens is 1. The van der Waals surface area contributed by atoms with Gasteiger partial charge in [0.05, 0.1) is 6.54 Å². The highest BCUT2D eigenvalue weighted by Gasteiger charge is 2.18. The van der Waals surface area contributed by atoms with Crippen molar-refractivity contribution in [3.05, 3.63) is 28.2 Å². The first-order valence-corrected chi connectivity index (χ1v) is 7.01. The monoisotopic (exact) mass is 311 g/mol. The molecule has 1 heterocycles. The molecule has 1 aromatic carbocycles. The summed E-state index contributed by atoms with van der Waals surface area (Å²) in [4.78, 5) is 13.6. The maximum absolute atomic E-state index is 11.5. The minimum absolute atomic E-state index is 0.0932. The molecule has 1 saturated heterocycles. The number of benzene rings is 1. The number of nitrogens with zero attached hydrogens (tertiary/aromatic N) is 1. The van der Waals surface area contributed by atoms with Gasteiger partial charge in [0.2, 0.25) is 5.91 Å². The van der Waals surface area contributed by atoms with Crippen LogP contribution in [0, 0.1) is 0 Å². The lowest BCUT2D eigenvalue weighted by molar-refractivity contribution is -0.120. The zero-order valence-electron chi connectivity index (χ0n) is 10.5. The second kappa shape index (κ2) is 6.20. The Labute approximate surface area is 116 Å². The number of carbonyl (C=O) groups is 1. The van der Waals surface area contributed by atoms with Crippen LogP contribution in [0.15, 0.2) is 22.7 Å². The third kappa shape index (κ3) is 3.23. The third-order valence-corrected chi connectivity index (χ3v) is 3.49. The highest BCUT2D eigenvalue weighted by molar-refractivity contribution is 9.10. The maximum Gasteiger partial charge on any atom is 0.239 e. The molecule has 1 aliphatic rings. The van der Waals surface area contributed by atoms with E-state index in [1.807, 2.05) is 6.07 Å². The van der Waals surface area contributed by atoms with E-state index in [0.29, 0.717) is 13.1 Å². The Morgan fingerprint density at radius 2 is 2.33 bits per heavy atom. The molecule has 5 heteroatoms. The molecule has 0 bridgehead atoms. The average molecular weight is 312 g/mol. The lowest BCUT2D eigenvalue weighted by Gasteiger charge is -2.30. The van der Waals surface area contributed by atoms with E-state index < -0.39 is 0 Å². The lowest BCUT2D eigenvalue weighted by atomic mass is 10.1. The molecule has 0 unspecified atom stereocenters. The van der Waals surface area contributed by atoms with Gasteiger partial charge in [0.15, 0.2) is 0 Å². The van der Waals surface area contributed by atoms with Gasteiger partial charge in [-0.2, -0.15) is 0 Å². The van der Waals surface area contributed by atoms with E-state index in [4.69, 9.17) is 0 Å². The molecule has 1 fully saturated rings. The van der Waals surface area contributed by atoms with Gasteiger partial charge >= 0.3 is 0 Å². The molecule has 0 saturated carbocycles. The molecule has 4 nitrogen and oxygen atoms in total. The van der Waals surface area contributed by atoms with Crippen LogP contribution >= 0.6 is 15.9 Å². The summed E-state index contributed by atoms with van der Waals surface area (Å²) in [6, 6.07) is 6.24. The minimum atomic E-state index is 0.0932. The Morgan fingerprint density at radius 1 is 1.50 bits per heavy atom. The highest BCUT2D eigenvalue weighted by Crippen LogP contribution is 2.25. The smallest absolute Gasteiger partial charge is 0.239 e. The van der Waals surface area contributed by atoms with Crippen LogP contribution in [0.2, 0.25) is 0 Å². The van der Waals surface area contributed by atoms with Gasteiger partial charge in [-0.3, -0.25) is 4.79 Å². The summed E-state index contributed by atoms with van der Waals surface area (Å²) in [6.07, 6.45) is 0. The molecule has 0 atom stereocenters. The standard InChI is InChI=1S/C13H18BrN3O/c1-2-15-8-10-3-4-11(14)7-12(10)17-6-5-16-13(18)9-17/h3-4,7,15H,2,5-6,8-9H2,1H3,(H,16,18). The predicted octanol–water partition coefficient (Wildman–Crippen LogP) is 1.49. The van der Waals surface area contributed by atoms with Crippen LogP contribution in [-0.2, 0) is 11.3 Å². The summed E-state index contributed by atoms with van der Waals surface area (Å²) in [5, 5.41) is 6.18. The number of nitrogens with one attached hydrogen (secondary N) is 2. The van der Waals surface area contributed by atoms with Gasteiger partial charge in [0, 0.05) is 29.8 Å². The molecule has 1 aliphatic heterocycles. The number of piperazine rings is 1. The normalized spacial score (nSPS) is 15.7. The predicted molar refractivity (Wildman–Crippen MR) is 76.7 cm³/mol. The van der Waals surface area contributed by atoms with Crippen LogP contribution in [0.4, 0.5) is 5.69 Å². The molecule has 18 heavy (non-hydrogen) atoms. The number of carbonyl (C=O) groups excluding carboxylic acids is 1. The van der Waals surface area contributed by atoms with Crippen LogP contribution in [0.3, 0.4) is 0 Å². The van der Waals surface area contributed by atoms with Crippen LogP contribution in [0.25, 0.3) is 0 Å². The zero-order valence-corrected chi connectivity index (χ0v) is 12.1. The molecule has 0 radical (unpaired) electrons. The first-order chi connectivity index (χ1) is 8.70. The zero-order chi connectivity index (χ0) is 13.0. The van der Waals surface area contributed by atoms with Crippen LogP contribution < -0.4 is 15.5 Å². The number of rotatable bonds is 4. The van der Waals surface area contributed by atoms with E-state index in [-0.39, 0.29) is 5.91 Å². The molecule has 2 rings (SSSR count). The van der Waals surface area contributed by atoms with Crippen molar-refractivity contribution in [2.24, 2.45) is 0 Å². The fourth-order valence-corrected chi connectivity index (χ4v) is 2.43. The number of amides is 1. The molecule has 1 amide bonds. The average Bonchev–Trinajstić information content (AvgIpc) is 2.37. The van der Waals surface area contributed by atoms with Gasteiger partial charge in [0.1, 0.15) is 0 Å². The van der Waals surface area contributed by atoms with Gasteiger partial charge < -0.3 is 15.5 Å². The number of hydrogen-bond donors (Lipinski definition) is 2. The Hall–Kier alpha value is -1.07. The summed E-state index contributed by atoms with van der Waals surface area (Å²) in [5.74, 6) is 0.0932. The molecular weight excluding hydrogens is 294 g/mol. The Bertz CT molecular complexity index is 436. The molecule has 0 spiro atoms. The van der Waals surface area contributed by atoms with Crippen LogP contribution in [0.1, 0.15) is 12.5 Å². The van der Waals surface area contributed by atoms with Gasteiger partial charge in [0.25, 0.3) is 0 Å². The maximum atomic E-state index is 11.5. The Morgan fingerprint density at radius 3 is 3.06 bits per heavy atom. The van der Waals surface area contributed by atoms with E-state index in [2.05, 4.69) is 50.5 Å². The number of anilines is 1. The molecule has 2 N–H and O–H groups in total. The summed E-state index contributed by atoms with van der Waals surface area (Å²) >= 11 is 3.50. The first kappa shape index (κ1) is 13.4. The molecule has 0 aliphatic carbocycles. The third-order valence-electron chi connectivity index (χ3n) is 2.99. The van der Waals surface area contributed by atoms with Crippen molar-refractivity contribution < 1.29 is 4.79 Å². The highest BCUT2D eigenvalue weighted by atomic mass is 79.9. The fraction of sp³-hybridized carbons (Fsp3) is 0.462. The summed E-state index contributed by atoms with van der Waals surface area (Å²) in [5.41, 5.74) is 2.37. The van der Waals surface area contributed by atoms with Crippen molar-refractivity contribution in [1.82, 2.24) is 10.6 Å². The van der Waals surface area contributed by atoms with E-state index in [9.17, 15) is 4.79 Å². The van der Waals surface area contributed by atoms with E-state index in [1.165, 1.54) is 5.56 Å². The van der Waals surface area contributed by atoms with Crippen molar-refractivity contribution in [3.8, 4) is 0 Å². The second-order valence-corrected chi connectivity index (χ2v) is 5.24. The quantitative estimate of drug-likeness (QED) is 0.885. The van der Waals surface area contributed by atoms with E-state index >= 15 is 0 Å². The second-order valence-electron chi connectivity index (χ2n) is 4.32. The van der Waals surface area contributed by atoms with Gasteiger partial charge in [-0.25, -0.2) is 0 Å². The fourth-order valence-electron chi connectivity index (χ4n) is 2.08. The van der Waals surface area contributed by atoms with Gasteiger partial charge in [-0.05, 0) is 24.2 Å². The minimum Gasteiger partial charge on any atom is -0.360 e. The Balaban J connectivity index is 2.22. The first-order valence-electron chi connectivity index (χ1n) is 6.21. The van der Waals surface area contributed by atoms with Crippen molar-refractivity contribution in [2.75, 3.05) is 31.1 Å². The topological polar surface area (TPSA) is 44.4 Å².